The van der Waals surface area contributed by atoms with Crippen LogP contribution in [-0.4, -0.2) is 45.3 Å². The summed E-state index contributed by atoms with van der Waals surface area (Å²) in [5, 5.41) is 11.4. The van der Waals surface area contributed by atoms with Gasteiger partial charge >= 0.3 is 0 Å². The summed E-state index contributed by atoms with van der Waals surface area (Å²) >= 11 is 1.67. The van der Waals surface area contributed by atoms with E-state index in [0.717, 1.165) is 40.8 Å². The highest BCUT2D eigenvalue weighted by Gasteiger charge is 2.22. The first-order valence-corrected chi connectivity index (χ1v) is 11.9. The first kappa shape index (κ1) is 22.0. The first-order chi connectivity index (χ1) is 14.9. The van der Waals surface area contributed by atoms with E-state index in [0.29, 0.717) is 18.9 Å². The summed E-state index contributed by atoms with van der Waals surface area (Å²) in [6, 6.07) is 7.98. The number of H-pyrrole nitrogens is 1. The molecule has 7 heteroatoms. The molecule has 166 valence electrons. The van der Waals surface area contributed by atoms with E-state index in [2.05, 4.69) is 23.7 Å². The third kappa shape index (κ3) is 5.00. The maximum Gasteiger partial charge on any atom is 0.259 e. The highest BCUT2D eigenvalue weighted by atomic mass is 32.1. The summed E-state index contributed by atoms with van der Waals surface area (Å²) in [6.07, 6.45) is 3.71. The highest BCUT2D eigenvalue weighted by molar-refractivity contribution is 7.18. The molecule has 2 heterocycles. The van der Waals surface area contributed by atoms with Crippen LogP contribution in [-0.2, 0) is 19.4 Å². The molecule has 0 aliphatic heterocycles. The van der Waals surface area contributed by atoms with Crippen molar-refractivity contribution in [3.05, 3.63) is 56.4 Å². The summed E-state index contributed by atoms with van der Waals surface area (Å²) < 4.78 is 5.80. The van der Waals surface area contributed by atoms with Crippen molar-refractivity contribution < 1.29 is 9.84 Å². The van der Waals surface area contributed by atoms with E-state index >= 15 is 0 Å². The number of nitrogens with zero attached hydrogens (tertiary/aromatic N) is 2. The van der Waals surface area contributed by atoms with E-state index < -0.39 is 6.10 Å². The summed E-state index contributed by atoms with van der Waals surface area (Å²) in [5.74, 6) is 1.44. The van der Waals surface area contributed by atoms with Gasteiger partial charge in [0.1, 0.15) is 29.1 Å². The van der Waals surface area contributed by atoms with Crippen LogP contribution < -0.4 is 10.3 Å². The maximum atomic E-state index is 12.8. The molecule has 0 saturated heterocycles. The van der Waals surface area contributed by atoms with Crippen LogP contribution >= 0.6 is 11.3 Å². The van der Waals surface area contributed by atoms with Gasteiger partial charge in [-0.3, -0.25) is 9.69 Å². The minimum atomic E-state index is -0.647. The third-order valence-electron chi connectivity index (χ3n) is 5.93. The Kier molecular flexibility index (Phi) is 6.74. The van der Waals surface area contributed by atoms with Gasteiger partial charge in [0.05, 0.1) is 11.9 Å². The smallest absolute Gasteiger partial charge is 0.259 e. The molecule has 4 rings (SSSR count). The van der Waals surface area contributed by atoms with Crippen LogP contribution in [0.5, 0.6) is 5.75 Å². The molecule has 0 spiro atoms. The average Bonchev–Trinajstić information content (AvgIpc) is 3.11. The molecule has 0 saturated carbocycles. The number of para-hydroxylation sites is 1. The number of rotatable bonds is 8. The molecule has 0 fully saturated rings. The number of thiophene rings is 1. The van der Waals surface area contributed by atoms with Gasteiger partial charge in [-0.1, -0.05) is 18.2 Å². The van der Waals surface area contributed by atoms with E-state index in [9.17, 15) is 9.90 Å². The van der Waals surface area contributed by atoms with Crippen molar-refractivity contribution >= 4 is 21.6 Å². The molecular weight excluding hydrogens is 410 g/mol. The standard InChI is InChI=1S/C24H31N3O3S/c1-15(2)27(12-17(28)14-30-19-10-6-4-8-16(19)3)13-21-25-23(29)22-18-9-5-7-11-20(18)31-24(22)26-21/h4,6,8,10,15,17,28H,5,7,9,11-14H2,1-3H3,(H,25,26,29). The van der Waals surface area contributed by atoms with Crippen LogP contribution in [0.4, 0.5) is 0 Å². The molecule has 31 heavy (non-hydrogen) atoms. The van der Waals surface area contributed by atoms with Gasteiger partial charge in [0.15, 0.2) is 0 Å². The summed E-state index contributed by atoms with van der Waals surface area (Å²) in [7, 11) is 0. The highest BCUT2D eigenvalue weighted by Crippen LogP contribution is 2.33. The number of aliphatic hydroxyl groups is 1. The minimum Gasteiger partial charge on any atom is -0.491 e. The van der Waals surface area contributed by atoms with E-state index in [1.807, 2.05) is 31.2 Å². The molecule has 0 bridgehead atoms. The maximum absolute atomic E-state index is 12.8. The van der Waals surface area contributed by atoms with E-state index in [1.165, 1.54) is 16.9 Å². The number of aromatic amines is 1. The number of hydrogen-bond acceptors (Lipinski definition) is 6. The van der Waals surface area contributed by atoms with Crippen molar-refractivity contribution in [1.82, 2.24) is 14.9 Å². The second-order valence-corrected chi connectivity index (χ2v) is 9.74. The van der Waals surface area contributed by atoms with E-state index in [4.69, 9.17) is 9.72 Å². The van der Waals surface area contributed by atoms with Gasteiger partial charge in [0, 0.05) is 17.5 Å². The molecule has 6 nitrogen and oxygen atoms in total. The Balaban J connectivity index is 1.46. The fraction of sp³-hybridized carbons (Fsp3) is 0.500. The number of nitrogens with one attached hydrogen (secondary N) is 1. The van der Waals surface area contributed by atoms with Crippen LogP contribution in [0.15, 0.2) is 29.1 Å². The molecule has 0 amide bonds. The van der Waals surface area contributed by atoms with Crippen LogP contribution in [0.3, 0.4) is 0 Å². The normalized spacial score (nSPS) is 14.9. The lowest BCUT2D eigenvalue weighted by Gasteiger charge is -2.28. The fourth-order valence-electron chi connectivity index (χ4n) is 4.16. The van der Waals surface area contributed by atoms with Gasteiger partial charge in [0.25, 0.3) is 5.56 Å². The predicted molar refractivity (Wildman–Crippen MR) is 125 cm³/mol. The van der Waals surface area contributed by atoms with E-state index in [1.54, 1.807) is 11.3 Å². The van der Waals surface area contributed by atoms with Crippen molar-refractivity contribution in [1.29, 1.82) is 0 Å². The molecule has 1 unspecified atom stereocenters. The number of aliphatic hydroxyl groups excluding tert-OH is 1. The largest absolute Gasteiger partial charge is 0.491 e. The zero-order chi connectivity index (χ0) is 22.0. The summed E-state index contributed by atoms with van der Waals surface area (Å²) in [6.45, 7) is 7.28. The van der Waals surface area contributed by atoms with Gasteiger partial charge in [0.2, 0.25) is 0 Å². The Hall–Kier alpha value is -2.22. The number of hydrogen-bond donors (Lipinski definition) is 2. The monoisotopic (exact) mass is 441 g/mol. The number of aryl methyl sites for hydroxylation is 3. The molecule has 1 aliphatic carbocycles. The Bertz CT molecular complexity index is 1110. The number of ether oxygens (including phenoxy) is 1. The molecule has 0 radical (unpaired) electrons. The lowest BCUT2D eigenvalue weighted by molar-refractivity contribution is 0.0531. The van der Waals surface area contributed by atoms with Crippen LogP contribution in [0, 0.1) is 6.92 Å². The number of benzene rings is 1. The van der Waals surface area contributed by atoms with Gasteiger partial charge in [-0.25, -0.2) is 4.98 Å². The van der Waals surface area contributed by atoms with Crippen LogP contribution in [0.2, 0.25) is 0 Å². The molecule has 1 aliphatic rings. The Morgan fingerprint density at radius 1 is 1.26 bits per heavy atom. The molecule has 2 aromatic heterocycles. The topological polar surface area (TPSA) is 78.5 Å². The van der Waals surface area contributed by atoms with Crippen LogP contribution in [0.25, 0.3) is 10.2 Å². The zero-order valence-corrected chi connectivity index (χ0v) is 19.3. The second kappa shape index (κ2) is 9.51. The predicted octanol–water partition coefficient (Wildman–Crippen LogP) is 3.82. The first-order valence-electron chi connectivity index (χ1n) is 11.1. The minimum absolute atomic E-state index is 0.0356. The molecule has 1 atom stereocenters. The van der Waals surface area contributed by atoms with Gasteiger partial charge in [-0.15, -0.1) is 11.3 Å². The lowest BCUT2D eigenvalue weighted by atomic mass is 9.97. The van der Waals surface area contributed by atoms with Crippen molar-refractivity contribution in [3.8, 4) is 5.75 Å². The van der Waals surface area contributed by atoms with Gasteiger partial charge < -0.3 is 14.8 Å². The molecule has 2 N–H and O–H groups in total. The van der Waals surface area contributed by atoms with E-state index in [-0.39, 0.29) is 18.2 Å². The van der Waals surface area contributed by atoms with Crippen molar-refractivity contribution in [3.63, 3.8) is 0 Å². The molecule has 3 aromatic rings. The number of aromatic nitrogens is 2. The van der Waals surface area contributed by atoms with Crippen molar-refractivity contribution in [2.75, 3.05) is 13.2 Å². The summed E-state index contributed by atoms with van der Waals surface area (Å²) in [4.78, 5) is 24.9. The van der Waals surface area contributed by atoms with Gasteiger partial charge in [-0.2, -0.15) is 0 Å². The SMILES string of the molecule is Cc1ccccc1OCC(O)CN(Cc1nc2sc3c(c2c(=O)[nH]1)CCCC3)C(C)C. The van der Waals surface area contributed by atoms with Crippen LogP contribution in [0.1, 0.15) is 48.5 Å². The average molecular weight is 442 g/mol. The number of fused-ring (bicyclic) bond motifs is 3. The van der Waals surface area contributed by atoms with Crippen molar-refractivity contribution in [2.24, 2.45) is 0 Å². The summed E-state index contributed by atoms with van der Waals surface area (Å²) in [5.41, 5.74) is 2.21. The quantitative estimate of drug-likeness (QED) is 0.556. The van der Waals surface area contributed by atoms with Crippen molar-refractivity contribution in [2.45, 2.75) is 65.1 Å². The third-order valence-corrected chi connectivity index (χ3v) is 7.11. The lowest BCUT2D eigenvalue weighted by Crippen LogP contribution is -2.40. The van der Waals surface area contributed by atoms with Gasteiger partial charge in [-0.05, 0) is 63.6 Å². The Morgan fingerprint density at radius 2 is 2.03 bits per heavy atom. The Labute approximate surface area is 186 Å². The molecular formula is C24H31N3O3S. The molecule has 1 aromatic carbocycles. The zero-order valence-electron chi connectivity index (χ0n) is 18.5. The second-order valence-electron chi connectivity index (χ2n) is 8.66. The fourth-order valence-corrected chi connectivity index (χ4v) is 5.44. The Morgan fingerprint density at radius 3 is 2.81 bits per heavy atom.